The first-order valence-corrected chi connectivity index (χ1v) is 12.5. The molecule has 0 aromatic heterocycles. The normalized spacial score (nSPS) is 23.2. The quantitative estimate of drug-likeness (QED) is 0.611. The maximum atomic E-state index is 13.7. The maximum Gasteiger partial charge on any atom is 0.408 e. The summed E-state index contributed by atoms with van der Waals surface area (Å²) in [5.41, 5.74) is 3.43. The van der Waals surface area contributed by atoms with E-state index in [1.807, 2.05) is 24.3 Å². The largest absolute Gasteiger partial charge is 0.480 e. The molecular formula is C28H32N2O5. The topological polar surface area (TPSA) is 95.9 Å². The van der Waals surface area contributed by atoms with Gasteiger partial charge in [0.05, 0.1) is 0 Å². The van der Waals surface area contributed by atoms with E-state index in [1.54, 1.807) is 0 Å². The van der Waals surface area contributed by atoms with Crippen molar-refractivity contribution in [3.05, 3.63) is 59.7 Å². The van der Waals surface area contributed by atoms with Crippen molar-refractivity contribution in [1.82, 2.24) is 10.2 Å². The van der Waals surface area contributed by atoms with E-state index in [0.717, 1.165) is 47.9 Å². The van der Waals surface area contributed by atoms with Gasteiger partial charge in [-0.2, -0.15) is 0 Å². The number of aliphatic carboxylic acids is 1. The van der Waals surface area contributed by atoms with Crippen molar-refractivity contribution in [3.63, 3.8) is 0 Å². The molecule has 0 bridgehead atoms. The molecule has 35 heavy (non-hydrogen) atoms. The minimum Gasteiger partial charge on any atom is -0.480 e. The van der Waals surface area contributed by atoms with Crippen molar-refractivity contribution >= 4 is 18.0 Å². The third-order valence-electron chi connectivity index (χ3n) is 7.65. The van der Waals surface area contributed by atoms with Crippen LogP contribution in [0.25, 0.3) is 11.1 Å². The fourth-order valence-corrected chi connectivity index (χ4v) is 5.92. The van der Waals surface area contributed by atoms with Crippen molar-refractivity contribution < 1.29 is 24.2 Å². The standard InChI is InChI=1S/C28H32N2O5/c1-18-7-6-14-28(15-18,26(33)30(16-25(31)32)19-12-13-19)29-27(34)35-17-24-22-10-4-2-8-20(22)21-9-3-5-11-23(21)24/h2-5,8-11,18-19,24H,6-7,12-17H2,1H3,(H,29,34)(H,31,32). The molecule has 0 radical (unpaired) electrons. The highest BCUT2D eigenvalue weighted by Crippen LogP contribution is 2.44. The number of benzene rings is 2. The van der Waals surface area contributed by atoms with Gasteiger partial charge < -0.3 is 20.1 Å². The summed E-state index contributed by atoms with van der Waals surface area (Å²) in [6.45, 7) is 1.90. The van der Waals surface area contributed by atoms with E-state index in [0.29, 0.717) is 12.8 Å². The number of ether oxygens (including phenoxy) is 1. The Bertz CT molecular complexity index is 1100. The highest BCUT2D eigenvalue weighted by molar-refractivity contribution is 5.92. The van der Waals surface area contributed by atoms with Gasteiger partial charge in [-0.1, -0.05) is 68.3 Å². The van der Waals surface area contributed by atoms with Gasteiger partial charge >= 0.3 is 12.1 Å². The van der Waals surface area contributed by atoms with Crippen molar-refractivity contribution in [2.45, 2.75) is 62.9 Å². The molecule has 0 aliphatic heterocycles. The van der Waals surface area contributed by atoms with E-state index in [9.17, 15) is 19.5 Å². The molecule has 2 N–H and O–H groups in total. The van der Waals surface area contributed by atoms with Gasteiger partial charge in [0.15, 0.2) is 0 Å². The summed E-state index contributed by atoms with van der Waals surface area (Å²) < 4.78 is 5.75. The molecule has 2 aromatic carbocycles. The van der Waals surface area contributed by atoms with Crippen LogP contribution in [0, 0.1) is 5.92 Å². The average Bonchev–Trinajstić information content (AvgIpc) is 3.63. The number of rotatable bonds is 7. The molecule has 184 valence electrons. The molecule has 2 saturated carbocycles. The molecule has 7 nitrogen and oxygen atoms in total. The van der Waals surface area contributed by atoms with Crippen LogP contribution < -0.4 is 5.32 Å². The average molecular weight is 477 g/mol. The fourth-order valence-electron chi connectivity index (χ4n) is 5.92. The molecular weight excluding hydrogens is 444 g/mol. The van der Waals surface area contributed by atoms with Crippen molar-refractivity contribution in [2.75, 3.05) is 13.2 Å². The minimum absolute atomic E-state index is 0.0583. The Balaban J connectivity index is 1.33. The molecule has 5 rings (SSSR count). The Morgan fingerprint density at radius 2 is 1.66 bits per heavy atom. The predicted octanol–water partition coefficient (Wildman–Crippen LogP) is 4.55. The monoisotopic (exact) mass is 476 g/mol. The lowest BCUT2D eigenvalue weighted by atomic mass is 9.75. The number of hydrogen-bond acceptors (Lipinski definition) is 4. The molecule has 2 aromatic rings. The lowest BCUT2D eigenvalue weighted by molar-refractivity contribution is -0.149. The maximum absolute atomic E-state index is 13.7. The van der Waals surface area contributed by atoms with E-state index in [4.69, 9.17) is 4.74 Å². The molecule has 2 atom stereocenters. The number of carbonyl (C=O) groups is 3. The minimum atomic E-state index is -1.13. The number of fused-ring (bicyclic) bond motifs is 3. The van der Waals surface area contributed by atoms with Crippen LogP contribution in [0.15, 0.2) is 48.5 Å². The third-order valence-corrected chi connectivity index (χ3v) is 7.65. The lowest BCUT2D eigenvalue weighted by Crippen LogP contribution is -2.62. The second-order valence-corrected chi connectivity index (χ2v) is 10.3. The highest BCUT2D eigenvalue weighted by atomic mass is 16.5. The molecule has 0 spiro atoms. The zero-order valence-electron chi connectivity index (χ0n) is 20.0. The SMILES string of the molecule is CC1CCCC(NC(=O)OCC2c3ccccc3-c3ccccc32)(C(=O)N(CC(=O)O)C2CC2)C1. The summed E-state index contributed by atoms with van der Waals surface area (Å²) >= 11 is 0. The first-order valence-electron chi connectivity index (χ1n) is 12.5. The second-order valence-electron chi connectivity index (χ2n) is 10.3. The van der Waals surface area contributed by atoms with Gasteiger partial charge in [-0.15, -0.1) is 0 Å². The summed E-state index contributed by atoms with van der Waals surface area (Å²) in [7, 11) is 0. The van der Waals surface area contributed by atoms with Crippen LogP contribution >= 0.6 is 0 Å². The van der Waals surface area contributed by atoms with Gasteiger partial charge in [0.2, 0.25) is 5.91 Å². The van der Waals surface area contributed by atoms with Crippen LogP contribution in [0.1, 0.15) is 62.5 Å². The van der Waals surface area contributed by atoms with Crippen LogP contribution in [-0.2, 0) is 14.3 Å². The summed E-state index contributed by atoms with van der Waals surface area (Å²) in [6.07, 6.45) is 3.72. The molecule has 3 aliphatic rings. The Labute approximate surface area is 205 Å². The van der Waals surface area contributed by atoms with Crippen LogP contribution in [0.2, 0.25) is 0 Å². The first-order chi connectivity index (χ1) is 16.9. The zero-order valence-corrected chi connectivity index (χ0v) is 20.0. The summed E-state index contributed by atoms with van der Waals surface area (Å²) in [4.78, 5) is 39.7. The molecule has 0 heterocycles. The third kappa shape index (κ3) is 4.64. The van der Waals surface area contributed by atoms with Gasteiger partial charge in [-0.3, -0.25) is 9.59 Å². The number of hydrogen-bond donors (Lipinski definition) is 2. The predicted molar refractivity (Wildman–Crippen MR) is 131 cm³/mol. The highest BCUT2D eigenvalue weighted by Gasteiger charge is 2.49. The number of nitrogens with zero attached hydrogens (tertiary/aromatic N) is 1. The van der Waals surface area contributed by atoms with E-state index < -0.39 is 17.6 Å². The molecule has 2 amide bonds. The Hall–Kier alpha value is -3.35. The number of alkyl carbamates (subject to hydrolysis) is 1. The zero-order chi connectivity index (χ0) is 24.6. The summed E-state index contributed by atoms with van der Waals surface area (Å²) in [5, 5.41) is 12.3. The molecule has 3 aliphatic carbocycles. The summed E-state index contributed by atoms with van der Waals surface area (Å²) in [6, 6.07) is 16.2. The van der Waals surface area contributed by atoms with E-state index in [-0.39, 0.29) is 36.9 Å². The van der Waals surface area contributed by atoms with Crippen LogP contribution in [-0.4, -0.2) is 52.7 Å². The van der Waals surface area contributed by atoms with Gasteiger partial charge in [-0.25, -0.2) is 4.79 Å². The Morgan fingerprint density at radius 1 is 1.03 bits per heavy atom. The first kappa shape index (κ1) is 23.4. The number of carboxylic acid groups (broad SMARTS) is 1. The molecule has 0 saturated heterocycles. The summed E-state index contributed by atoms with van der Waals surface area (Å²) in [5.74, 6) is -1.15. The molecule has 2 unspecified atom stereocenters. The number of carboxylic acids is 1. The smallest absolute Gasteiger partial charge is 0.408 e. The Morgan fingerprint density at radius 3 is 2.23 bits per heavy atom. The lowest BCUT2D eigenvalue weighted by Gasteiger charge is -2.41. The Kier molecular flexibility index (Phi) is 6.26. The van der Waals surface area contributed by atoms with Crippen molar-refractivity contribution in [3.8, 4) is 11.1 Å². The molecule has 2 fully saturated rings. The van der Waals surface area contributed by atoms with Crippen LogP contribution in [0.4, 0.5) is 4.79 Å². The van der Waals surface area contributed by atoms with Crippen molar-refractivity contribution in [1.29, 1.82) is 0 Å². The number of nitrogens with one attached hydrogen (secondary N) is 1. The van der Waals surface area contributed by atoms with E-state index >= 15 is 0 Å². The molecule has 7 heteroatoms. The van der Waals surface area contributed by atoms with E-state index in [1.165, 1.54) is 4.90 Å². The number of carbonyl (C=O) groups excluding carboxylic acids is 2. The van der Waals surface area contributed by atoms with E-state index in [2.05, 4.69) is 36.5 Å². The fraction of sp³-hybridized carbons (Fsp3) is 0.464. The van der Waals surface area contributed by atoms with Gasteiger partial charge in [0, 0.05) is 12.0 Å². The second kappa shape index (κ2) is 9.36. The van der Waals surface area contributed by atoms with Gasteiger partial charge in [-0.05, 0) is 53.9 Å². The van der Waals surface area contributed by atoms with Gasteiger partial charge in [0.1, 0.15) is 18.7 Å². The van der Waals surface area contributed by atoms with Crippen molar-refractivity contribution in [2.24, 2.45) is 5.92 Å². The van der Waals surface area contributed by atoms with Crippen LogP contribution in [0.5, 0.6) is 0 Å². The number of amides is 2. The van der Waals surface area contributed by atoms with Crippen LogP contribution in [0.3, 0.4) is 0 Å². The van der Waals surface area contributed by atoms with Gasteiger partial charge in [0.25, 0.3) is 0 Å².